The van der Waals surface area contributed by atoms with Gasteiger partial charge in [0.05, 0.1) is 4.92 Å². The van der Waals surface area contributed by atoms with E-state index in [1.165, 1.54) is 6.07 Å². The number of rotatable bonds is 3. The van der Waals surface area contributed by atoms with E-state index in [2.05, 4.69) is 4.90 Å². The number of nitrogens with zero attached hydrogens (tertiary/aromatic N) is 2. The summed E-state index contributed by atoms with van der Waals surface area (Å²) >= 11 is 0. The van der Waals surface area contributed by atoms with E-state index >= 15 is 0 Å². The minimum Gasteiger partial charge on any atom is -0.502 e. The van der Waals surface area contributed by atoms with Crippen LogP contribution in [-0.4, -0.2) is 28.0 Å². The second kappa shape index (κ2) is 4.49. The molecule has 1 heterocycles. The first-order chi connectivity index (χ1) is 7.68. The summed E-state index contributed by atoms with van der Waals surface area (Å²) in [6.07, 6.45) is 2.32. The molecule has 1 aromatic rings. The Kier molecular flexibility index (Phi) is 3.05. The van der Waals surface area contributed by atoms with E-state index in [9.17, 15) is 15.2 Å². The molecular formula is C11H14N2O3. The number of nitro groups is 1. The first kappa shape index (κ1) is 10.9. The fraction of sp³-hybridized carbons (Fsp3) is 0.455. The zero-order valence-electron chi connectivity index (χ0n) is 8.93. The zero-order valence-corrected chi connectivity index (χ0v) is 8.93. The van der Waals surface area contributed by atoms with E-state index in [4.69, 9.17) is 0 Å². The lowest BCUT2D eigenvalue weighted by Crippen LogP contribution is -2.18. The molecular weight excluding hydrogens is 208 g/mol. The van der Waals surface area contributed by atoms with Gasteiger partial charge >= 0.3 is 5.69 Å². The second-order valence-electron chi connectivity index (χ2n) is 4.03. The van der Waals surface area contributed by atoms with Crippen molar-refractivity contribution < 1.29 is 10.0 Å². The molecule has 1 aliphatic heterocycles. The van der Waals surface area contributed by atoms with Crippen molar-refractivity contribution >= 4 is 5.69 Å². The van der Waals surface area contributed by atoms with Crippen molar-refractivity contribution in [2.24, 2.45) is 0 Å². The van der Waals surface area contributed by atoms with E-state index in [-0.39, 0.29) is 11.4 Å². The van der Waals surface area contributed by atoms with E-state index in [1.54, 1.807) is 12.1 Å². The highest BCUT2D eigenvalue weighted by atomic mass is 16.6. The van der Waals surface area contributed by atoms with Gasteiger partial charge in [-0.3, -0.25) is 15.0 Å². The number of benzene rings is 1. The van der Waals surface area contributed by atoms with Crippen LogP contribution in [0.25, 0.3) is 0 Å². The summed E-state index contributed by atoms with van der Waals surface area (Å²) in [6, 6.07) is 4.67. The van der Waals surface area contributed by atoms with Crippen molar-refractivity contribution in [3.8, 4) is 5.75 Å². The van der Waals surface area contributed by atoms with Crippen LogP contribution in [0.15, 0.2) is 18.2 Å². The van der Waals surface area contributed by atoms with Gasteiger partial charge in [0.1, 0.15) is 0 Å². The lowest BCUT2D eigenvalue weighted by atomic mass is 10.1. The topological polar surface area (TPSA) is 66.6 Å². The fourth-order valence-electron chi connectivity index (χ4n) is 2.03. The van der Waals surface area contributed by atoms with Gasteiger partial charge in [0, 0.05) is 18.2 Å². The molecule has 1 aliphatic rings. The molecule has 1 N–H and O–H groups in total. The van der Waals surface area contributed by atoms with Gasteiger partial charge in [-0.1, -0.05) is 12.1 Å². The largest absolute Gasteiger partial charge is 0.502 e. The Labute approximate surface area is 93.5 Å². The molecule has 0 unspecified atom stereocenters. The molecule has 0 spiro atoms. The highest BCUT2D eigenvalue weighted by Crippen LogP contribution is 2.30. The van der Waals surface area contributed by atoms with Gasteiger partial charge in [-0.15, -0.1) is 0 Å². The Hall–Kier alpha value is -1.62. The maximum atomic E-state index is 10.6. The minimum absolute atomic E-state index is 0.195. The second-order valence-corrected chi connectivity index (χ2v) is 4.03. The van der Waals surface area contributed by atoms with Crippen LogP contribution in [0.1, 0.15) is 18.4 Å². The third-order valence-electron chi connectivity index (χ3n) is 2.89. The summed E-state index contributed by atoms with van der Waals surface area (Å²) in [5.41, 5.74) is 0.424. The maximum absolute atomic E-state index is 10.6. The van der Waals surface area contributed by atoms with Crippen molar-refractivity contribution in [1.29, 1.82) is 0 Å². The smallest absolute Gasteiger partial charge is 0.311 e. The minimum atomic E-state index is -0.553. The third-order valence-corrected chi connectivity index (χ3v) is 2.89. The van der Waals surface area contributed by atoms with Gasteiger partial charge < -0.3 is 5.11 Å². The zero-order chi connectivity index (χ0) is 11.5. The molecule has 0 saturated carbocycles. The summed E-state index contributed by atoms with van der Waals surface area (Å²) in [4.78, 5) is 12.3. The summed E-state index contributed by atoms with van der Waals surface area (Å²) in [6.45, 7) is 2.60. The molecule has 86 valence electrons. The van der Waals surface area contributed by atoms with Crippen LogP contribution >= 0.6 is 0 Å². The normalized spacial score (nSPS) is 16.5. The predicted molar refractivity (Wildman–Crippen MR) is 59.3 cm³/mol. The van der Waals surface area contributed by atoms with Crippen LogP contribution in [-0.2, 0) is 6.54 Å². The van der Waals surface area contributed by atoms with Gasteiger partial charge in [0.25, 0.3) is 0 Å². The van der Waals surface area contributed by atoms with Crippen molar-refractivity contribution in [3.05, 3.63) is 33.9 Å². The molecule has 1 saturated heterocycles. The summed E-state index contributed by atoms with van der Waals surface area (Å²) in [5.74, 6) is -0.195. The first-order valence-electron chi connectivity index (χ1n) is 5.36. The van der Waals surface area contributed by atoms with Crippen LogP contribution in [0.4, 0.5) is 5.69 Å². The summed E-state index contributed by atoms with van der Waals surface area (Å²) in [5, 5.41) is 20.4. The van der Waals surface area contributed by atoms with Gasteiger partial charge in [-0.05, 0) is 25.9 Å². The number of likely N-dealkylation sites (tertiary alicyclic amines) is 1. The van der Waals surface area contributed by atoms with Crippen LogP contribution in [0.2, 0.25) is 0 Å². The van der Waals surface area contributed by atoms with Gasteiger partial charge in [0.15, 0.2) is 5.75 Å². The average molecular weight is 222 g/mol. The van der Waals surface area contributed by atoms with Crippen LogP contribution < -0.4 is 0 Å². The predicted octanol–water partition coefficient (Wildman–Crippen LogP) is 1.90. The van der Waals surface area contributed by atoms with E-state index < -0.39 is 4.92 Å². The molecule has 16 heavy (non-hydrogen) atoms. The molecule has 0 atom stereocenters. The number of aromatic hydroxyl groups is 1. The highest BCUT2D eigenvalue weighted by molar-refractivity contribution is 5.50. The quantitative estimate of drug-likeness (QED) is 0.626. The number of phenols is 1. The van der Waals surface area contributed by atoms with Crippen LogP contribution in [0, 0.1) is 10.1 Å². The number of hydrogen-bond acceptors (Lipinski definition) is 4. The van der Waals surface area contributed by atoms with Crippen molar-refractivity contribution in [2.75, 3.05) is 13.1 Å². The first-order valence-corrected chi connectivity index (χ1v) is 5.36. The molecule has 0 aliphatic carbocycles. The Morgan fingerprint density at radius 3 is 2.69 bits per heavy atom. The van der Waals surface area contributed by atoms with Crippen molar-refractivity contribution in [3.63, 3.8) is 0 Å². The molecule has 5 nitrogen and oxygen atoms in total. The Morgan fingerprint density at radius 1 is 1.38 bits per heavy atom. The molecule has 0 radical (unpaired) electrons. The monoisotopic (exact) mass is 222 g/mol. The summed E-state index contributed by atoms with van der Waals surface area (Å²) < 4.78 is 0. The fourth-order valence-corrected chi connectivity index (χ4v) is 2.03. The number of nitro benzene ring substituents is 1. The van der Waals surface area contributed by atoms with E-state index in [0.717, 1.165) is 25.9 Å². The average Bonchev–Trinajstić information content (AvgIpc) is 2.73. The number of hydrogen-bond donors (Lipinski definition) is 1. The third kappa shape index (κ3) is 2.14. The SMILES string of the molecule is O=[N+]([O-])c1cccc(CN2CCCC2)c1O. The van der Waals surface area contributed by atoms with Crippen molar-refractivity contribution in [2.45, 2.75) is 19.4 Å². The van der Waals surface area contributed by atoms with E-state index in [0.29, 0.717) is 12.1 Å². The standard InChI is InChI=1S/C11H14N2O3/c14-11-9(8-12-6-1-2-7-12)4-3-5-10(11)13(15)16/h3-5,14H,1-2,6-8H2. The van der Waals surface area contributed by atoms with Crippen LogP contribution in [0.3, 0.4) is 0 Å². The molecule has 0 amide bonds. The lowest BCUT2D eigenvalue weighted by Gasteiger charge is -2.15. The lowest BCUT2D eigenvalue weighted by molar-refractivity contribution is -0.385. The molecule has 0 bridgehead atoms. The Bertz CT molecular complexity index is 400. The molecule has 1 aromatic carbocycles. The number of phenolic OH excluding ortho intramolecular Hbond substituents is 1. The molecule has 2 rings (SSSR count). The number of para-hydroxylation sites is 1. The maximum Gasteiger partial charge on any atom is 0.311 e. The Balaban J connectivity index is 2.20. The summed E-state index contributed by atoms with van der Waals surface area (Å²) in [7, 11) is 0. The Morgan fingerprint density at radius 2 is 2.06 bits per heavy atom. The molecule has 5 heteroatoms. The van der Waals surface area contributed by atoms with E-state index in [1.807, 2.05) is 0 Å². The van der Waals surface area contributed by atoms with Gasteiger partial charge in [0.2, 0.25) is 0 Å². The van der Waals surface area contributed by atoms with Crippen LogP contribution in [0.5, 0.6) is 5.75 Å². The highest BCUT2D eigenvalue weighted by Gasteiger charge is 2.19. The molecule has 1 fully saturated rings. The van der Waals surface area contributed by atoms with Gasteiger partial charge in [-0.2, -0.15) is 0 Å². The van der Waals surface area contributed by atoms with Crippen molar-refractivity contribution in [1.82, 2.24) is 4.90 Å². The van der Waals surface area contributed by atoms with Gasteiger partial charge in [-0.25, -0.2) is 0 Å². The molecule has 0 aromatic heterocycles.